The van der Waals surface area contributed by atoms with Gasteiger partial charge in [-0.05, 0) is 12.1 Å². The lowest BCUT2D eigenvalue weighted by molar-refractivity contribution is -0.115. The molecule has 0 aromatic heterocycles. The van der Waals surface area contributed by atoms with Gasteiger partial charge in [0.15, 0.2) is 17.3 Å². The number of allylic oxidation sites excluding steroid dienone is 2. The van der Waals surface area contributed by atoms with E-state index in [1.807, 2.05) is 24.3 Å². The van der Waals surface area contributed by atoms with Crippen molar-refractivity contribution in [2.75, 3.05) is 21.3 Å². The second-order valence-electron chi connectivity index (χ2n) is 5.00. The molecule has 6 nitrogen and oxygen atoms in total. The molecule has 0 radical (unpaired) electrons. The van der Waals surface area contributed by atoms with Crippen molar-refractivity contribution in [3.05, 3.63) is 40.8 Å². The lowest BCUT2D eigenvalue weighted by Crippen LogP contribution is -2.42. The van der Waals surface area contributed by atoms with Crippen LogP contribution >= 0.6 is 0 Å². The Kier molecular flexibility index (Phi) is 3.73. The number of rotatable bonds is 4. The Morgan fingerprint density at radius 1 is 1.13 bits per heavy atom. The van der Waals surface area contributed by atoms with Crippen molar-refractivity contribution in [2.45, 2.75) is 6.10 Å². The molecule has 0 fully saturated rings. The molecule has 1 heterocycles. The van der Waals surface area contributed by atoms with Gasteiger partial charge in [-0.3, -0.25) is 4.79 Å². The monoisotopic (exact) mass is 315 g/mol. The normalized spacial score (nSPS) is 18.0. The maximum Gasteiger partial charge on any atom is 0.284 e. The lowest BCUT2D eigenvalue weighted by atomic mass is 9.96. The molecule has 1 aliphatic carbocycles. The van der Waals surface area contributed by atoms with Crippen LogP contribution in [0.5, 0.6) is 17.2 Å². The fourth-order valence-electron chi connectivity index (χ4n) is 2.85. The first kappa shape index (κ1) is 15.0. The molecule has 3 rings (SSSR count). The largest absolute Gasteiger partial charge is 0.493 e. The van der Waals surface area contributed by atoms with Gasteiger partial charge in [0.05, 0.1) is 21.3 Å². The number of nitrogens with two attached hydrogens (primary N) is 1. The van der Waals surface area contributed by atoms with Gasteiger partial charge in [0.2, 0.25) is 5.75 Å². The van der Waals surface area contributed by atoms with Crippen LogP contribution in [0.15, 0.2) is 30.4 Å². The highest BCUT2D eigenvalue weighted by Crippen LogP contribution is 2.34. The van der Waals surface area contributed by atoms with E-state index >= 15 is 0 Å². The highest BCUT2D eigenvalue weighted by molar-refractivity contribution is 6.10. The van der Waals surface area contributed by atoms with E-state index in [0.717, 1.165) is 10.8 Å². The van der Waals surface area contributed by atoms with Crippen molar-refractivity contribution in [3.8, 4) is 17.2 Å². The summed E-state index contributed by atoms with van der Waals surface area (Å²) >= 11 is 0. The molecule has 120 valence electrons. The molecular formula is C17H17NO5. The Morgan fingerprint density at radius 3 is 2.48 bits per heavy atom. The van der Waals surface area contributed by atoms with Crippen LogP contribution in [0.1, 0.15) is 0 Å². The van der Waals surface area contributed by atoms with Gasteiger partial charge < -0.3 is 24.7 Å². The summed E-state index contributed by atoms with van der Waals surface area (Å²) in [6.45, 7) is 0. The highest BCUT2D eigenvalue weighted by Gasteiger charge is 2.28. The molecule has 1 aromatic carbocycles. The summed E-state index contributed by atoms with van der Waals surface area (Å²) in [6, 6.07) is 1.67. The average Bonchev–Trinajstić information content (AvgIpc) is 2.58. The summed E-state index contributed by atoms with van der Waals surface area (Å²) in [6.07, 6.45) is 7.10. The van der Waals surface area contributed by atoms with E-state index in [0.29, 0.717) is 22.5 Å². The van der Waals surface area contributed by atoms with E-state index in [1.54, 1.807) is 6.07 Å². The van der Waals surface area contributed by atoms with Gasteiger partial charge in [-0.25, -0.2) is 0 Å². The first-order chi connectivity index (χ1) is 11.1. The summed E-state index contributed by atoms with van der Waals surface area (Å²) in [5.41, 5.74) is 6.36. The minimum Gasteiger partial charge on any atom is -0.493 e. The van der Waals surface area contributed by atoms with Crippen LogP contribution in [0.4, 0.5) is 0 Å². The zero-order valence-corrected chi connectivity index (χ0v) is 13.1. The average molecular weight is 315 g/mol. The number of hydrogen-bond acceptors (Lipinski definition) is 5. The Balaban J connectivity index is 2.55. The molecule has 0 bridgehead atoms. The molecule has 1 amide bonds. The summed E-state index contributed by atoms with van der Waals surface area (Å²) < 4.78 is 22.1. The van der Waals surface area contributed by atoms with E-state index in [2.05, 4.69) is 0 Å². The molecule has 23 heavy (non-hydrogen) atoms. The number of carbonyl (C=O) groups is 1. The van der Waals surface area contributed by atoms with Crippen molar-refractivity contribution in [2.24, 2.45) is 5.73 Å². The van der Waals surface area contributed by atoms with Gasteiger partial charge in [-0.2, -0.15) is 0 Å². The maximum absolute atomic E-state index is 11.8. The lowest BCUT2D eigenvalue weighted by Gasteiger charge is -2.26. The molecule has 0 saturated carbocycles. The fraction of sp³-hybridized carbons (Fsp3) is 0.235. The predicted octanol–water partition coefficient (Wildman–Crippen LogP) is -0.0186. The van der Waals surface area contributed by atoms with Crippen molar-refractivity contribution in [1.82, 2.24) is 0 Å². The number of primary amides is 1. The van der Waals surface area contributed by atoms with Crippen molar-refractivity contribution in [3.63, 3.8) is 0 Å². The highest BCUT2D eigenvalue weighted by atomic mass is 16.5. The number of ether oxygens (including phenoxy) is 4. The molecule has 1 aliphatic heterocycles. The quantitative estimate of drug-likeness (QED) is 0.845. The Labute approximate surface area is 133 Å². The topological polar surface area (TPSA) is 80.0 Å². The van der Waals surface area contributed by atoms with Crippen molar-refractivity contribution in [1.29, 1.82) is 0 Å². The molecule has 1 aromatic rings. The summed E-state index contributed by atoms with van der Waals surface area (Å²) in [7, 11) is 4.58. The van der Waals surface area contributed by atoms with Crippen LogP contribution in [-0.4, -0.2) is 33.3 Å². The third kappa shape index (κ3) is 2.23. The van der Waals surface area contributed by atoms with Crippen LogP contribution < -0.4 is 30.4 Å². The Bertz CT molecular complexity index is 851. The Morgan fingerprint density at radius 2 is 1.87 bits per heavy atom. The SMILES string of the molecule is COc1cc2c(c(OC)c1OC)=C1C=CC=CC1OC=2C(N)=O. The van der Waals surface area contributed by atoms with Gasteiger partial charge >= 0.3 is 0 Å². The van der Waals surface area contributed by atoms with E-state index < -0.39 is 12.0 Å². The molecule has 0 saturated heterocycles. The summed E-state index contributed by atoms with van der Waals surface area (Å²) in [4.78, 5) is 11.8. The maximum atomic E-state index is 11.8. The smallest absolute Gasteiger partial charge is 0.284 e. The van der Waals surface area contributed by atoms with Crippen molar-refractivity contribution >= 4 is 17.2 Å². The van der Waals surface area contributed by atoms with Crippen molar-refractivity contribution < 1.29 is 23.7 Å². The first-order valence-electron chi connectivity index (χ1n) is 7.01. The number of carbonyl (C=O) groups excluding carboxylic acids is 1. The molecule has 0 spiro atoms. The number of hydrogen-bond donors (Lipinski definition) is 1. The third-order valence-corrected chi connectivity index (χ3v) is 3.81. The van der Waals surface area contributed by atoms with E-state index in [-0.39, 0.29) is 5.76 Å². The van der Waals surface area contributed by atoms with Gasteiger partial charge in [0.25, 0.3) is 5.91 Å². The van der Waals surface area contributed by atoms with Gasteiger partial charge in [0, 0.05) is 16.0 Å². The Hall–Kier alpha value is -2.89. The molecule has 1 unspecified atom stereocenters. The first-order valence-corrected chi connectivity index (χ1v) is 7.01. The van der Waals surface area contributed by atoms with Crippen LogP contribution in [0.2, 0.25) is 0 Å². The third-order valence-electron chi connectivity index (χ3n) is 3.81. The standard InChI is InChI=1S/C17H17NO5/c1-20-12-8-10-13(16(22-3)15(12)21-2)9-6-4-5-7-11(9)23-14(10)17(18)19/h4-8,11H,1-3H3,(H2,18,19). The van der Waals surface area contributed by atoms with E-state index in [9.17, 15) is 4.79 Å². The predicted molar refractivity (Wildman–Crippen MR) is 84.5 cm³/mol. The molecular weight excluding hydrogens is 298 g/mol. The number of benzene rings is 1. The summed E-state index contributed by atoms with van der Waals surface area (Å²) in [5, 5.41) is 1.24. The fourth-order valence-corrected chi connectivity index (χ4v) is 2.85. The second kappa shape index (κ2) is 5.72. The zero-order valence-electron chi connectivity index (χ0n) is 13.1. The molecule has 2 N–H and O–H groups in total. The molecule has 1 atom stereocenters. The molecule has 6 heteroatoms. The summed E-state index contributed by atoms with van der Waals surface area (Å²) in [5.74, 6) is 0.785. The molecule has 2 aliphatic rings. The van der Waals surface area contributed by atoms with Gasteiger partial charge in [-0.1, -0.05) is 18.2 Å². The number of fused-ring (bicyclic) bond motifs is 2. The minimum atomic E-state index is -0.650. The van der Waals surface area contributed by atoms with Crippen LogP contribution in [-0.2, 0) is 9.53 Å². The number of amides is 1. The zero-order chi connectivity index (χ0) is 16.6. The van der Waals surface area contributed by atoms with Gasteiger partial charge in [-0.15, -0.1) is 0 Å². The van der Waals surface area contributed by atoms with Crippen LogP contribution in [0.3, 0.4) is 0 Å². The second-order valence-corrected chi connectivity index (χ2v) is 5.00. The van der Waals surface area contributed by atoms with E-state index in [1.165, 1.54) is 21.3 Å². The van der Waals surface area contributed by atoms with Gasteiger partial charge in [0.1, 0.15) is 6.10 Å². The van der Waals surface area contributed by atoms with Crippen LogP contribution in [0.25, 0.3) is 11.3 Å². The van der Waals surface area contributed by atoms with Crippen LogP contribution in [0, 0.1) is 0 Å². The minimum absolute atomic E-state index is 0.0768. The number of methoxy groups -OCH3 is 3. The van der Waals surface area contributed by atoms with E-state index in [4.69, 9.17) is 24.7 Å².